The van der Waals surface area contributed by atoms with Gasteiger partial charge in [0.2, 0.25) is 5.78 Å². The van der Waals surface area contributed by atoms with E-state index < -0.39 is 11.4 Å². The summed E-state index contributed by atoms with van der Waals surface area (Å²) in [5.74, 6) is -0.763. The molecule has 148 valence electrons. The number of carbonyl (C=O) groups is 2. The van der Waals surface area contributed by atoms with Crippen LogP contribution in [0, 0.1) is 12.3 Å². The van der Waals surface area contributed by atoms with E-state index in [2.05, 4.69) is 5.16 Å². The van der Waals surface area contributed by atoms with E-state index in [4.69, 9.17) is 4.84 Å². The van der Waals surface area contributed by atoms with Crippen molar-refractivity contribution in [1.29, 1.82) is 0 Å². The molecule has 0 radical (unpaired) electrons. The number of thioether (sulfide) groups is 2. The molecule has 0 saturated heterocycles. The number of carbonyl (C=O) groups excluding carboxylic acids is 2. The minimum Gasteiger partial charge on any atom is -0.317 e. The number of nitrogens with zero attached hydrogens (tertiary/aromatic N) is 1. The van der Waals surface area contributed by atoms with Gasteiger partial charge in [0.15, 0.2) is 5.71 Å². The standard InChI is InChI=1S/C22H25NO3S2/c1-14-12-17(27-5)18(28-6)13-16(14)20(24)19(15-10-8-7-9-11-15)23-26-21(25)22(2,3)4/h7-13H,1-6H3/b23-19+. The molecule has 0 heterocycles. The minimum atomic E-state index is -0.712. The highest BCUT2D eigenvalue weighted by Crippen LogP contribution is 2.31. The van der Waals surface area contributed by atoms with Gasteiger partial charge in [-0.05, 0) is 57.9 Å². The van der Waals surface area contributed by atoms with E-state index in [9.17, 15) is 9.59 Å². The van der Waals surface area contributed by atoms with Gasteiger partial charge in [-0.25, -0.2) is 4.79 Å². The van der Waals surface area contributed by atoms with Crippen molar-refractivity contribution in [2.45, 2.75) is 37.5 Å². The first-order valence-electron chi connectivity index (χ1n) is 8.81. The zero-order chi connectivity index (χ0) is 20.9. The monoisotopic (exact) mass is 415 g/mol. The van der Waals surface area contributed by atoms with Crippen LogP contribution in [0.2, 0.25) is 0 Å². The lowest BCUT2D eigenvalue weighted by molar-refractivity contribution is -0.152. The predicted molar refractivity (Wildman–Crippen MR) is 118 cm³/mol. The Bertz CT molecular complexity index is 900. The van der Waals surface area contributed by atoms with Crippen LogP contribution >= 0.6 is 23.5 Å². The smallest absolute Gasteiger partial charge is 0.317 e. The number of hydrogen-bond acceptors (Lipinski definition) is 6. The molecular formula is C22H25NO3S2. The fourth-order valence-corrected chi connectivity index (χ4v) is 3.95. The van der Waals surface area contributed by atoms with Crippen LogP contribution in [0.5, 0.6) is 0 Å². The molecule has 0 atom stereocenters. The molecule has 0 aromatic heterocycles. The topological polar surface area (TPSA) is 55.7 Å². The number of benzene rings is 2. The molecule has 0 aliphatic rings. The summed E-state index contributed by atoms with van der Waals surface area (Å²) in [6.07, 6.45) is 3.99. The summed E-state index contributed by atoms with van der Waals surface area (Å²) in [6, 6.07) is 13.0. The fraction of sp³-hybridized carbons (Fsp3) is 0.318. The van der Waals surface area contributed by atoms with Crippen molar-refractivity contribution in [1.82, 2.24) is 0 Å². The lowest BCUT2D eigenvalue weighted by Crippen LogP contribution is -2.23. The van der Waals surface area contributed by atoms with Crippen LogP contribution in [0.3, 0.4) is 0 Å². The quantitative estimate of drug-likeness (QED) is 0.202. The third-order valence-electron chi connectivity index (χ3n) is 4.07. The second-order valence-electron chi connectivity index (χ2n) is 7.29. The molecule has 4 nitrogen and oxygen atoms in total. The van der Waals surface area contributed by atoms with Gasteiger partial charge in [0.1, 0.15) is 0 Å². The molecule has 2 aromatic carbocycles. The predicted octanol–water partition coefficient (Wildman–Crippen LogP) is 5.62. The summed E-state index contributed by atoms with van der Waals surface area (Å²) < 4.78 is 0. The van der Waals surface area contributed by atoms with Crippen molar-refractivity contribution in [3.05, 3.63) is 59.2 Å². The van der Waals surface area contributed by atoms with Crippen LogP contribution in [0.25, 0.3) is 0 Å². The van der Waals surface area contributed by atoms with Gasteiger partial charge < -0.3 is 4.84 Å². The second kappa shape index (κ2) is 9.43. The third kappa shape index (κ3) is 5.26. The molecule has 28 heavy (non-hydrogen) atoms. The molecule has 0 saturated carbocycles. The fourth-order valence-electron chi connectivity index (χ4n) is 2.40. The molecule has 0 amide bonds. The normalized spacial score (nSPS) is 12.0. The van der Waals surface area contributed by atoms with E-state index in [1.165, 1.54) is 0 Å². The van der Waals surface area contributed by atoms with Crippen molar-refractivity contribution >= 4 is 41.0 Å². The van der Waals surface area contributed by atoms with E-state index in [0.29, 0.717) is 11.1 Å². The van der Waals surface area contributed by atoms with Crippen LogP contribution in [-0.2, 0) is 9.63 Å². The van der Waals surface area contributed by atoms with Crippen molar-refractivity contribution in [3.63, 3.8) is 0 Å². The average Bonchev–Trinajstić information content (AvgIpc) is 2.67. The molecular weight excluding hydrogens is 390 g/mol. The summed E-state index contributed by atoms with van der Waals surface area (Å²) in [5.41, 5.74) is 1.42. The first-order chi connectivity index (χ1) is 13.2. The third-order valence-corrected chi connectivity index (χ3v) is 5.75. The molecule has 0 N–H and O–H groups in total. The van der Waals surface area contributed by atoms with Crippen molar-refractivity contribution in [3.8, 4) is 0 Å². The number of Topliss-reactive ketones (excluding diaryl/α,β-unsaturated/α-hetero) is 1. The van der Waals surface area contributed by atoms with Gasteiger partial charge >= 0.3 is 5.97 Å². The highest BCUT2D eigenvalue weighted by Gasteiger charge is 2.26. The molecule has 2 rings (SSSR count). The molecule has 6 heteroatoms. The highest BCUT2D eigenvalue weighted by atomic mass is 32.2. The Hall–Kier alpha value is -2.05. The summed E-state index contributed by atoms with van der Waals surface area (Å²) in [6.45, 7) is 7.13. The minimum absolute atomic E-state index is 0.116. The number of ketones is 1. The number of rotatable bonds is 6. The largest absolute Gasteiger partial charge is 0.340 e. The summed E-state index contributed by atoms with van der Waals surface area (Å²) >= 11 is 3.24. The van der Waals surface area contributed by atoms with Crippen LogP contribution in [0.15, 0.2) is 57.4 Å². The van der Waals surface area contributed by atoms with E-state index >= 15 is 0 Å². The molecule has 2 aromatic rings. The lowest BCUT2D eigenvalue weighted by Gasteiger charge is -2.15. The summed E-state index contributed by atoms with van der Waals surface area (Å²) in [5, 5.41) is 3.98. The van der Waals surface area contributed by atoms with Gasteiger partial charge in [-0.2, -0.15) is 0 Å². The molecule has 0 fully saturated rings. The maximum Gasteiger partial charge on any atom is 0.340 e. The SMILES string of the molecule is CSc1cc(C)c(C(=O)/C(=N/OC(=O)C(C)(C)C)c2ccccc2)cc1SC. The summed E-state index contributed by atoms with van der Waals surface area (Å²) in [4.78, 5) is 32.8. The van der Waals surface area contributed by atoms with E-state index in [0.717, 1.165) is 15.4 Å². The van der Waals surface area contributed by atoms with Crippen LogP contribution < -0.4 is 0 Å². The molecule has 0 aliphatic carbocycles. The number of aryl methyl sites for hydroxylation is 1. The van der Waals surface area contributed by atoms with E-state index in [-0.39, 0.29) is 11.5 Å². The Morgan fingerprint density at radius 1 is 0.964 bits per heavy atom. The zero-order valence-electron chi connectivity index (χ0n) is 17.0. The van der Waals surface area contributed by atoms with Gasteiger partial charge in [0.25, 0.3) is 0 Å². The molecule has 0 aliphatic heterocycles. The highest BCUT2D eigenvalue weighted by molar-refractivity contribution is 8.01. The first kappa shape index (κ1) is 22.2. The van der Waals surface area contributed by atoms with E-state index in [1.807, 2.05) is 49.8 Å². The zero-order valence-corrected chi connectivity index (χ0v) is 18.7. The van der Waals surface area contributed by atoms with E-state index in [1.54, 1.807) is 56.4 Å². The van der Waals surface area contributed by atoms with Gasteiger partial charge in [-0.15, -0.1) is 23.5 Å². The van der Waals surface area contributed by atoms with Crippen LogP contribution in [0.1, 0.15) is 42.3 Å². The van der Waals surface area contributed by atoms with Crippen molar-refractivity contribution in [2.75, 3.05) is 12.5 Å². The van der Waals surface area contributed by atoms with Gasteiger partial charge in [-0.1, -0.05) is 35.5 Å². The Balaban J connectivity index is 2.52. The number of oxime groups is 1. The maximum absolute atomic E-state index is 13.4. The Labute approximate surface area is 175 Å². The second-order valence-corrected chi connectivity index (χ2v) is 8.98. The maximum atomic E-state index is 13.4. The Morgan fingerprint density at radius 3 is 2.07 bits per heavy atom. The molecule has 0 bridgehead atoms. The van der Waals surface area contributed by atoms with Gasteiger partial charge in [0, 0.05) is 20.9 Å². The molecule has 0 spiro atoms. The van der Waals surface area contributed by atoms with Crippen molar-refractivity contribution < 1.29 is 14.4 Å². The van der Waals surface area contributed by atoms with Crippen molar-refractivity contribution in [2.24, 2.45) is 10.6 Å². The number of hydrogen-bond donors (Lipinski definition) is 0. The lowest BCUT2D eigenvalue weighted by atomic mass is 9.97. The van der Waals surface area contributed by atoms with Gasteiger partial charge in [0.05, 0.1) is 5.41 Å². The van der Waals surface area contributed by atoms with Crippen LogP contribution in [0.4, 0.5) is 0 Å². The van der Waals surface area contributed by atoms with Crippen LogP contribution in [-0.4, -0.2) is 30.0 Å². The Morgan fingerprint density at radius 2 is 1.54 bits per heavy atom. The van der Waals surface area contributed by atoms with Gasteiger partial charge in [-0.3, -0.25) is 4.79 Å². The summed E-state index contributed by atoms with van der Waals surface area (Å²) in [7, 11) is 0. The Kier molecular flexibility index (Phi) is 7.49. The first-order valence-corrected chi connectivity index (χ1v) is 11.3. The molecule has 0 unspecified atom stereocenters. The average molecular weight is 416 g/mol.